The van der Waals surface area contributed by atoms with Crippen molar-refractivity contribution >= 4 is 17.0 Å². The number of rotatable bonds is 3. The predicted octanol–water partition coefficient (Wildman–Crippen LogP) is 3.55. The van der Waals surface area contributed by atoms with Gasteiger partial charge in [0.25, 0.3) is 0 Å². The first-order valence-electron chi connectivity index (χ1n) is 6.13. The molecular weight excluding hydrogens is 254 g/mol. The van der Waals surface area contributed by atoms with Crippen molar-refractivity contribution in [3.05, 3.63) is 58.4 Å². The van der Waals surface area contributed by atoms with Crippen LogP contribution in [0.2, 0.25) is 0 Å². The van der Waals surface area contributed by atoms with Crippen molar-refractivity contribution in [2.45, 2.75) is 13.5 Å². The molecule has 0 atom stereocenters. The van der Waals surface area contributed by atoms with Crippen molar-refractivity contribution in [3.63, 3.8) is 0 Å². The summed E-state index contributed by atoms with van der Waals surface area (Å²) in [6, 6.07) is 10.5. The van der Waals surface area contributed by atoms with Gasteiger partial charge in [0.05, 0.1) is 12.2 Å². The molecule has 0 aliphatic heterocycles. The highest BCUT2D eigenvalue weighted by Crippen LogP contribution is 2.26. The van der Waals surface area contributed by atoms with Crippen LogP contribution in [-0.4, -0.2) is 9.78 Å². The van der Waals surface area contributed by atoms with Gasteiger partial charge in [0.2, 0.25) is 0 Å². The molecule has 2 N–H and O–H groups in total. The molecule has 19 heavy (non-hydrogen) atoms. The summed E-state index contributed by atoms with van der Waals surface area (Å²) in [5, 5.41) is 8.68. The average molecular weight is 269 g/mol. The van der Waals surface area contributed by atoms with Gasteiger partial charge in [0, 0.05) is 17.1 Å². The molecule has 2 heterocycles. The zero-order chi connectivity index (χ0) is 13.2. The Balaban J connectivity index is 1.89. The number of thiophene rings is 1. The predicted molar refractivity (Wildman–Crippen MR) is 80.2 cm³/mol. The van der Waals surface area contributed by atoms with Gasteiger partial charge in [-0.25, -0.2) is 0 Å². The summed E-state index contributed by atoms with van der Waals surface area (Å²) >= 11 is 1.65. The quantitative estimate of drug-likeness (QED) is 0.790. The number of nitrogens with two attached hydrogens (primary N) is 1. The van der Waals surface area contributed by atoms with Crippen LogP contribution >= 0.6 is 11.3 Å². The molecule has 0 radical (unpaired) electrons. The zero-order valence-corrected chi connectivity index (χ0v) is 11.5. The largest absolute Gasteiger partial charge is 0.396 e. The van der Waals surface area contributed by atoms with E-state index in [-0.39, 0.29) is 0 Å². The molecule has 0 bridgehead atoms. The van der Waals surface area contributed by atoms with E-state index >= 15 is 0 Å². The van der Waals surface area contributed by atoms with Crippen LogP contribution in [0.5, 0.6) is 0 Å². The number of nitrogens with zero attached hydrogens (tertiary/aromatic N) is 2. The lowest BCUT2D eigenvalue weighted by molar-refractivity contribution is 0.689. The summed E-state index contributed by atoms with van der Waals surface area (Å²) in [5.41, 5.74) is 11.2. The van der Waals surface area contributed by atoms with E-state index in [2.05, 4.69) is 41.7 Å². The fraction of sp³-hybridized carbons (Fsp3) is 0.133. The molecule has 0 amide bonds. The number of aromatic nitrogens is 2. The molecule has 2 aromatic heterocycles. The van der Waals surface area contributed by atoms with E-state index in [1.54, 1.807) is 11.3 Å². The zero-order valence-electron chi connectivity index (χ0n) is 10.7. The van der Waals surface area contributed by atoms with Crippen LogP contribution in [0.25, 0.3) is 11.3 Å². The van der Waals surface area contributed by atoms with Crippen molar-refractivity contribution < 1.29 is 0 Å². The first kappa shape index (κ1) is 12.0. The van der Waals surface area contributed by atoms with Crippen LogP contribution in [0.15, 0.2) is 47.3 Å². The molecule has 3 nitrogen and oxygen atoms in total. The molecule has 1 aromatic carbocycles. The fourth-order valence-electron chi connectivity index (χ4n) is 2.14. The number of aryl methyl sites for hydroxylation is 1. The SMILES string of the molecule is Cc1cccc(Cn2cc(N)c(-c3ccsc3)n2)c1. The Morgan fingerprint density at radius 2 is 2.21 bits per heavy atom. The summed E-state index contributed by atoms with van der Waals surface area (Å²) in [5.74, 6) is 0. The van der Waals surface area contributed by atoms with Crippen molar-refractivity contribution in [2.75, 3.05) is 5.73 Å². The second-order valence-corrected chi connectivity index (χ2v) is 5.41. The maximum atomic E-state index is 6.04. The maximum absolute atomic E-state index is 6.04. The summed E-state index contributed by atoms with van der Waals surface area (Å²) in [4.78, 5) is 0. The first-order valence-corrected chi connectivity index (χ1v) is 7.08. The monoisotopic (exact) mass is 269 g/mol. The van der Waals surface area contributed by atoms with Gasteiger partial charge in [-0.3, -0.25) is 4.68 Å². The number of nitrogen functional groups attached to an aromatic ring is 1. The van der Waals surface area contributed by atoms with Gasteiger partial charge in [0.1, 0.15) is 5.69 Å². The molecular formula is C15H15N3S. The van der Waals surface area contributed by atoms with Crippen LogP contribution in [0.1, 0.15) is 11.1 Å². The normalized spacial score (nSPS) is 10.8. The maximum Gasteiger partial charge on any atom is 0.116 e. The lowest BCUT2D eigenvalue weighted by atomic mass is 10.1. The average Bonchev–Trinajstić information content (AvgIpc) is 2.98. The van der Waals surface area contributed by atoms with Crippen LogP contribution in [0.4, 0.5) is 5.69 Å². The molecule has 0 spiro atoms. The van der Waals surface area contributed by atoms with E-state index in [9.17, 15) is 0 Å². The Hall–Kier alpha value is -2.07. The van der Waals surface area contributed by atoms with Crippen LogP contribution in [0, 0.1) is 6.92 Å². The topological polar surface area (TPSA) is 43.8 Å². The Bertz CT molecular complexity index is 683. The van der Waals surface area contributed by atoms with E-state index in [1.807, 2.05) is 22.3 Å². The second-order valence-electron chi connectivity index (χ2n) is 4.63. The summed E-state index contributed by atoms with van der Waals surface area (Å²) in [7, 11) is 0. The number of anilines is 1. The van der Waals surface area contributed by atoms with Crippen LogP contribution in [0.3, 0.4) is 0 Å². The smallest absolute Gasteiger partial charge is 0.116 e. The van der Waals surface area contributed by atoms with Crippen LogP contribution in [-0.2, 0) is 6.54 Å². The Morgan fingerprint density at radius 1 is 1.32 bits per heavy atom. The van der Waals surface area contributed by atoms with Gasteiger partial charge in [-0.15, -0.1) is 0 Å². The third kappa shape index (κ3) is 2.53. The molecule has 0 unspecified atom stereocenters. The summed E-state index contributed by atoms with van der Waals surface area (Å²) in [6.07, 6.45) is 1.90. The van der Waals surface area contributed by atoms with Gasteiger partial charge in [0.15, 0.2) is 0 Å². The van der Waals surface area contributed by atoms with Gasteiger partial charge >= 0.3 is 0 Å². The molecule has 3 rings (SSSR count). The lowest BCUT2D eigenvalue weighted by Gasteiger charge is -2.02. The van der Waals surface area contributed by atoms with E-state index in [4.69, 9.17) is 5.73 Å². The Labute approximate surface area is 116 Å². The van der Waals surface area contributed by atoms with Crippen molar-refractivity contribution in [2.24, 2.45) is 0 Å². The van der Waals surface area contributed by atoms with Gasteiger partial charge in [-0.2, -0.15) is 16.4 Å². The minimum absolute atomic E-state index is 0.728. The Kier molecular flexibility index (Phi) is 3.09. The third-order valence-corrected chi connectivity index (χ3v) is 3.69. The fourth-order valence-corrected chi connectivity index (χ4v) is 2.78. The van der Waals surface area contributed by atoms with Gasteiger partial charge in [-0.1, -0.05) is 29.8 Å². The summed E-state index contributed by atoms with van der Waals surface area (Å²) in [6.45, 7) is 2.84. The molecule has 0 aliphatic rings. The number of hydrogen-bond donors (Lipinski definition) is 1. The highest BCUT2D eigenvalue weighted by atomic mass is 32.1. The highest BCUT2D eigenvalue weighted by molar-refractivity contribution is 7.08. The van der Waals surface area contributed by atoms with Crippen molar-refractivity contribution in [3.8, 4) is 11.3 Å². The molecule has 0 fully saturated rings. The molecule has 0 aliphatic carbocycles. The number of hydrogen-bond acceptors (Lipinski definition) is 3. The van der Waals surface area contributed by atoms with Gasteiger partial charge in [-0.05, 0) is 23.9 Å². The summed E-state index contributed by atoms with van der Waals surface area (Å²) < 4.78 is 1.90. The van der Waals surface area contributed by atoms with Gasteiger partial charge < -0.3 is 5.73 Å². The third-order valence-electron chi connectivity index (χ3n) is 3.01. The second kappa shape index (κ2) is 4.90. The van der Waals surface area contributed by atoms with E-state index in [1.165, 1.54) is 11.1 Å². The van der Waals surface area contributed by atoms with Crippen molar-refractivity contribution in [1.29, 1.82) is 0 Å². The molecule has 3 aromatic rings. The first-order chi connectivity index (χ1) is 9.22. The van der Waals surface area contributed by atoms with E-state index < -0.39 is 0 Å². The van der Waals surface area contributed by atoms with E-state index in [0.717, 1.165) is 23.5 Å². The molecule has 96 valence electrons. The van der Waals surface area contributed by atoms with Crippen LogP contribution < -0.4 is 5.73 Å². The lowest BCUT2D eigenvalue weighted by Crippen LogP contribution is -2.00. The number of benzene rings is 1. The Morgan fingerprint density at radius 3 is 2.95 bits per heavy atom. The highest BCUT2D eigenvalue weighted by Gasteiger charge is 2.09. The molecule has 0 saturated carbocycles. The minimum atomic E-state index is 0.728. The van der Waals surface area contributed by atoms with Crippen molar-refractivity contribution in [1.82, 2.24) is 9.78 Å². The standard InChI is InChI=1S/C15H15N3S/c1-11-3-2-4-12(7-11)8-18-9-14(16)15(17-18)13-5-6-19-10-13/h2-7,9-10H,8,16H2,1H3. The minimum Gasteiger partial charge on any atom is -0.396 e. The molecule has 0 saturated heterocycles. The van der Waals surface area contributed by atoms with E-state index in [0.29, 0.717) is 0 Å². The molecule has 4 heteroatoms.